The molecule has 71 heavy (non-hydrogen) atoms. The van der Waals surface area contributed by atoms with Gasteiger partial charge in [-0.2, -0.15) is 0 Å². The van der Waals surface area contributed by atoms with E-state index < -0.39 is 12.1 Å². The van der Waals surface area contributed by atoms with Gasteiger partial charge in [0.15, 0.2) is 0 Å². The number of carbonyl (C=O) groups excluding carboxylic acids is 2. The molecule has 0 rings (SSSR count). The van der Waals surface area contributed by atoms with E-state index in [1.54, 1.807) is 0 Å². The molecule has 0 aliphatic heterocycles. The predicted molar refractivity (Wildman–Crippen MR) is 310 cm³/mol. The number of carbonyl (C=O) groups is 2. The molecule has 0 bridgehead atoms. The molecule has 0 aliphatic carbocycles. The zero-order valence-corrected chi connectivity index (χ0v) is 48.2. The van der Waals surface area contributed by atoms with Gasteiger partial charge in [0.1, 0.15) is 0 Å². The Morgan fingerprint density at radius 3 is 1.00 bits per heavy atom. The van der Waals surface area contributed by atoms with Crippen molar-refractivity contribution in [2.75, 3.05) is 13.2 Å². The molecule has 0 aromatic heterocycles. The first kappa shape index (κ1) is 69.6. The smallest absolute Gasteiger partial charge is 0.305 e. The van der Waals surface area contributed by atoms with Gasteiger partial charge < -0.3 is 20.3 Å². The Balaban J connectivity index is 3.44. The number of esters is 1. The Hall–Kier alpha value is -1.40. The van der Waals surface area contributed by atoms with Crippen LogP contribution in [0.1, 0.15) is 367 Å². The maximum atomic E-state index is 12.5. The molecule has 0 aliphatic rings. The third-order valence-electron chi connectivity index (χ3n) is 15.3. The fraction of sp³-hybridized carbons (Fsp3) is 0.938. The number of nitrogens with one attached hydrogen (secondary N) is 1. The van der Waals surface area contributed by atoms with Gasteiger partial charge in [-0.25, -0.2) is 0 Å². The monoisotopic (exact) mass is 1000 g/mol. The van der Waals surface area contributed by atoms with E-state index in [0.717, 1.165) is 64.2 Å². The molecule has 1 amide bonds. The first-order valence-electron chi connectivity index (χ1n) is 32.4. The summed E-state index contributed by atoms with van der Waals surface area (Å²) in [5.41, 5.74) is 0. The second-order valence-electron chi connectivity index (χ2n) is 22.5. The second-order valence-corrected chi connectivity index (χ2v) is 22.5. The van der Waals surface area contributed by atoms with Crippen LogP contribution in [0.2, 0.25) is 0 Å². The molecule has 0 aromatic rings. The topological polar surface area (TPSA) is 95.9 Å². The summed E-state index contributed by atoms with van der Waals surface area (Å²) in [5.74, 6) is -0.0462. The Morgan fingerprint density at radius 1 is 0.380 bits per heavy atom. The average molecular weight is 1000 g/mol. The normalized spacial score (nSPS) is 12.6. The fourth-order valence-electron chi connectivity index (χ4n) is 10.3. The van der Waals surface area contributed by atoms with Crippen molar-refractivity contribution in [2.45, 2.75) is 379 Å². The van der Waals surface area contributed by atoms with Gasteiger partial charge in [0.05, 0.1) is 25.4 Å². The summed E-state index contributed by atoms with van der Waals surface area (Å²) in [6, 6.07) is -0.554. The number of unbranched alkanes of at least 4 members (excludes halogenated alkanes) is 48. The third kappa shape index (κ3) is 57.7. The van der Waals surface area contributed by atoms with Crippen LogP contribution in [0.4, 0.5) is 0 Å². The Kier molecular flexibility index (Phi) is 59.9. The summed E-state index contributed by atoms with van der Waals surface area (Å²) < 4.78 is 5.48. The SMILES string of the molecule is CCCCCCCCCCCCCCCCCCCCCCCCCC(O)C(CO)NC(=O)CCCCCCC/C=C\CCCCCCCCCOC(=O)CCCCCCCCCCCCCCCCC. The summed E-state index contributed by atoms with van der Waals surface area (Å²) in [5, 5.41) is 23.4. The van der Waals surface area contributed by atoms with Crippen molar-refractivity contribution < 1.29 is 24.5 Å². The zero-order valence-electron chi connectivity index (χ0n) is 48.2. The molecular weight excluding hydrogens is 875 g/mol. The standard InChI is InChI=1S/C65H127NO5/c1-3-5-7-9-11-13-15-17-19-20-21-22-23-24-25-26-30-33-37-41-45-49-53-57-63(68)62(61-67)66-64(69)58-54-50-46-42-38-34-31-27-28-32-36-40-44-48-52-56-60-71-65(70)59-55-51-47-43-39-35-29-18-16-14-12-10-8-6-4-2/h27,31,62-63,67-68H,3-26,28-30,32-61H2,1-2H3,(H,66,69)/b31-27-. The highest BCUT2D eigenvalue weighted by Crippen LogP contribution is 2.18. The van der Waals surface area contributed by atoms with E-state index in [9.17, 15) is 19.8 Å². The van der Waals surface area contributed by atoms with Gasteiger partial charge in [-0.3, -0.25) is 9.59 Å². The lowest BCUT2D eigenvalue weighted by Gasteiger charge is -2.22. The third-order valence-corrected chi connectivity index (χ3v) is 15.3. The van der Waals surface area contributed by atoms with Crippen LogP contribution in [0, 0.1) is 0 Å². The molecule has 6 nitrogen and oxygen atoms in total. The first-order valence-corrected chi connectivity index (χ1v) is 32.4. The number of aliphatic hydroxyl groups excluding tert-OH is 2. The van der Waals surface area contributed by atoms with E-state index in [-0.39, 0.29) is 18.5 Å². The van der Waals surface area contributed by atoms with Gasteiger partial charge in [0, 0.05) is 12.8 Å². The van der Waals surface area contributed by atoms with Crippen molar-refractivity contribution in [3.63, 3.8) is 0 Å². The van der Waals surface area contributed by atoms with Crippen LogP contribution in [0.15, 0.2) is 12.2 Å². The number of allylic oxidation sites excluding steroid dienone is 2. The quantitative estimate of drug-likeness (QED) is 0.0320. The van der Waals surface area contributed by atoms with E-state index in [4.69, 9.17) is 4.74 Å². The van der Waals surface area contributed by atoms with Gasteiger partial charge in [0.2, 0.25) is 5.91 Å². The van der Waals surface area contributed by atoms with Crippen LogP contribution < -0.4 is 5.32 Å². The minimum atomic E-state index is -0.675. The maximum Gasteiger partial charge on any atom is 0.305 e. The van der Waals surface area contributed by atoms with E-state index in [0.29, 0.717) is 25.9 Å². The first-order chi connectivity index (χ1) is 35.0. The zero-order chi connectivity index (χ0) is 51.4. The van der Waals surface area contributed by atoms with E-state index >= 15 is 0 Å². The molecule has 0 saturated heterocycles. The molecule has 6 heteroatoms. The minimum absolute atomic E-state index is 0.00132. The van der Waals surface area contributed by atoms with Crippen molar-refractivity contribution in [2.24, 2.45) is 0 Å². The van der Waals surface area contributed by atoms with Crippen LogP contribution in [0.25, 0.3) is 0 Å². The fourth-order valence-corrected chi connectivity index (χ4v) is 10.3. The molecule has 0 aromatic carbocycles. The highest BCUT2D eigenvalue weighted by molar-refractivity contribution is 5.76. The Bertz CT molecular complexity index is 1060. The van der Waals surface area contributed by atoms with Gasteiger partial charge >= 0.3 is 5.97 Å². The van der Waals surface area contributed by atoms with E-state index in [1.807, 2.05) is 0 Å². The van der Waals surface area contributed by atoms with Gasteiger partial charge in [0.25, 0.3) is 0 Å². The van der Waals surface area contributed by atoms with Crippen molar-refractivity contribution >= 4 is 11.9 Å². The minimum Gasteiger partial charge on any atom is -0.466 e. The number of aliphatic hydroxyl groups is 2. The van der Waals surface area contributed by atoms with Gasteiger partial charge in [-0.1, -0.05) is 315 Å². The number of hydrogen-bond acceptors (Lipinski definition) is 5. The van der Waals surface area contributed by atoms with Crippen LogP contribution in [0.5, 0.6) is 0 Å². The molecule has 0 fully saturated rings. The average Bonchev–Trinajstić information content (AvgIpc) is 3.37. The number of rotatable bonds is 61. The number of amides is 1. The summed E-state index contributed by atoms with van der Waals surface area (Å²) >= 11 is 0. The molecule has 0 spiro atoms. The van der Waals surface area contributed by atoms with Crippen molar-refractivity contribution in [1.29, 1.82) is 0 Å². The molecule has 0 heterocycles. The van der Waals surface area contributed by atoms with Crippen molar-refractivity contribution in [3.05, 3.63) is 12.2 Å². The summed E-state index contributed by atoms with van der Waals surface area (Å²) in [7, 11) is 0. The second kappa shape index (κ2) is 61.1. The molecule has 0 saturated carbocycles. The molecule has 422 valence electrons. The van der Waals surface area contributed by atoms with E-state index in [2.05, 4.69) is 31.3 Å². The molecule has 0 radical (unpaired) electrons. The maximum absolute atomic E-state index is 12.5. The molecular formula is C65H127NO5. The van der Waals surface area contributed by atoms with Crippen LogP contribution in [-0.2, 0) is 14.3 Å². The largest absolute Gasteiger partial charge is 0.466 e. The van der Waals surface area contributed by atoms with Crippen molar-refractivity contribution in [1.82, 2.24) is 5.32 Å². The highest BCUT2D eigenvalue weighted by Gasteiger charge is 2.20. The summed E-state index contributed by atoms with van der Waals surface area (Å²) in [4.78, 5) is 24.6. The molecule has 2 unspecified atom stereocenters. The number of ether oxygens (including phenoxy) is 1. The lowest BCUT2D eigenvalue weighted by molar-refractivity contribution is -0.143. The molecule has 3 N–H and O–H groups in total. The lowest BCUT2D eigenvalue weighted by Crippen LogP contribution is -2.45. The van der Waals surface area contributed by atoms with Crippen molar-refractivity contribution in [3.8, 4) is 0 Å². The van der Waals surface area contributed by atoms with Gasteiger partial charge in [-0.15, -0.1) is 0 Å². The Morgan fingerprint density at radius 2 is 0.662 bits per heavy atom. The Labute approximate surface area is 444 Å². The van der Waals surface area contributed by atoms with Crippen LogP contribution >= 0.6 is 0 Å². The van der Waals surface area contributed by atoms with Gasteiger partial charge in [-0.05, 0) is 51.4 Å². The summed E-state index contributed by atoms with van der Waals surface area (Å²) in [6.45, 7) is 4.97. The highest BCUT2D eigenvalue weighted by atomic mass is 16.5. The molecule has 2 atom stereocenters. The number of hydrogen-bond donors (Lipinski definition) is 3. The summed E-state index contributed by atoms with van der Waals surface area (Å²) in [6.07, 6.45) is 73.7. The predicted octanol–water partition coefficient (Wildman–Crippen LogP) is 20.4. The van der Waals surface area contributed by atoms with Crippen LogP contribution in [0.3, 0.4) is 0 Å². The van der Waals surface area contributed by atoms with Crippen LogP contribution in [-0.4, -0.2) is 47.4 Å². The lowest BCUT2D eigenvalue weighted by atomic mass is 10.0. The van der Waals surface area contributed by atoms with E-state index in [1.165, 1.54) is 270 Å².